The maximum Gasteiger partial charge on any atom is 0.233 e. The quantitative estimate of drug-likeness (QED) is 0.756. The molecule has 1 N–H and O–H groups in total. The Labute approximate surface area is 156 Å². The number of halogens is 1. The first-order valence-electron chi connectivity index (χ1n) is 9.08. The van der Waals surface area contributed by atoms with E-state index in [0.717, 1.165) is 24.1 Å². The second kappa shape index (κ2) is 7.34. The molecule has 2 heterocycles. The van der Waals surface area contributed by atoms with Crippen LogP contribution >= 0.6 is 0 Å². The van der Waals surface area contributed by atoms with E-state index in [0.29, 0.717) is 30.0 Å². The van der Waals surface area contributed by atoms with E-state index < -0.39 is 12.3 Å². The lowest BCUT2D eigenvalue weighted by molar-refractivity contribution is 0.0594. The molecule has 140 valence electrons. The van der Waals surface area contributed by atoms with E-state index in [1.165, 1.54) is 0 Å². The highest BCUT2D eigenvalue weighted by molar-refractivity contribution is 5.72. The van der Waals surface area contributed by atoms with Gasteiger partial charge in [-0.25, -0.2) is 4.39 Å². The molecule has 0 radical (unpaired) electrons. The number of hydrogen-bond acceptors (Lipinski definition) is 5. The van der Waals surface area contributed by atoms with Gasteiger partial charge in [-0.1, -0.05) is 12.5 Å². The van der Waals surface area contributed by atoms with Crippen molar-refractivity contribution < 1.29 is 14.2 Å². The minimum atomic E-state index is -0.955. The minimum Gasteiger partial charge on any atom is -0.507 e. The SMILES string of the molecule is Cn1ccc(-c2ccc(-c3ccc(O[C@H]4CCCC[C@H]4F)nn3)c(O)c2)n1. The van der Waals surface area contributed by atoms with E-state index in [9.17, 15) is 9.50 Å². The molecule has 0 unspecified atom stereocenters. The minimum absolute atomic E-state index is 0.0947. The lowest BCUT2D eigenvalue weighted by atomic mass is 9.96. The van der Waals surface area contributed by atoms with Gasteiger partial charge in [-0.15, -0.1) is 10.2 Å². The second-order valence-corrected chi connectivity index (χ2v) is 6.82. The van der Waals surface area contributed by atoms with Crippen molar-refractivity contribution in [1.29, 1.82) is 0 Å². The topological polar surface area (TPSA) is 73.1 Å². The molecule has 1 saturated carbocycles. The number of aromatic hydroxyl groups is 1. The van der Waals surface area contributed by atoms with Gasteiger partial charge in [0.25, 0.3) is 0 Å². The predicted octanol–water partition coefficient (Wildman–Crippen LogP) is 3.91. The van der Waals surface area contributed by atoms with E-state index in [1.54, 1.807) is 28.9 Å². The van der Waals surface area contributed by atoms with Gasteiger partial charge in [-0.05, 0) is 43.5 Å². The van der Waals surface area contributed by atoms with Crippen molar-refractivity contribution in [3.8, 4) is 34.1 Å². The van der Waals surface area contributed by atoms with Crippen LogP contribution in [0.15, 0.2) is 42.6 Å². The molecule has 1 fully saturated rings. The first kappa shape index (κ1) is 17.5. The van der Waals surface area contributed by atoms with E-state index in [-0.39, 0.29) is 5.75 Å². The van der Waals surface area contributed by atoms with Gasteiger partial charge in [0.1, 0.15) is 18.0 Å². The molecule has 6 nitrogen and oxygen atoms in total. The molecule has 4 rings (SSSR count). The van der Waals surface area contributed by atoms with Gasteiger partial charge in [0.05, 0.1) is 11.4 Å². The first-order chi connectivity index (χ1) is 13.1. The number of benzene rings is 1. The largest absolute Gasteiger partial charge is 0.507 e. The number of phenolic OH excluding ortho intramolecular Hbond substituents is 1. The van der Waals surface area contributed by atoms with Crippen molar-refractivity contribution in [3.05, 3.63) is 42.6 Å². The maximum absolute atomic E-state index is 13.9. The number of phenols is 1. The third kappa shape index (κ3) is 3.77. The zero-order valence-electron chi connectivity index (χ0n) is 15.0. The number of hydrogen-bond donors (Lipinski definition) is 1. The molecule has 2 atom stereocenters. The van der Waals surface area contributed by atoms with Crippen LogP contribution < -0.4 is 4.74 Å². The highest BCUT2D eigenvalue weighted by Gasteiger charge is 2.26. The lowest BCUT2D eigenvalue weighted by Gasteiger charge is -2.25. The van der Waals surface area contributed by atoms with E-state index in [1.807, 2.05) is 25.4 Å². The molecule has 1 aliphatic rings. The Morgan fingerprint density at radius 2 is 1.93 bits per heavy atom. The molecule has 2 aromatic heterocycles. The predicted molar refractivity (Wildman–Crippen MR) is 99.1 cm³/mol. The summed E-state index contributed by atoms with van der Waals surface area (Å²) in [5, 5.41) is 22.9. The highest BCUT2D eigenvalue weighted by Crippen LogP contribution is 2.32. The fourth-order valence-electron chi connectivity index (χ4n) is 3.34. The van der Waals surface area contributed by atoms with Gasteiger partial charge in [-0.2, -0.15) is 5.10 Å². The van der Waals surface area contributed by atoms with Crippen LogP contribution in [0.2, 0.25) is 0 Å². The summed E-state index contributed by atoms with van der Waals surface area (Å²) in [6, 6.07) is 10.6. The molecule has 0 bridgehead atoms. The normalized spacial score (nSPS) is 19.8. The number of aromatic nitrogens is 4. The molecule has 1 aromatic carbocycles. The molecular weight excluding hydrogens is 347 g/mol. The smallest absolute Gasteiger partial charge is 0.233 e. The van der Waals surface area contributed by atoms with Crippen LogP contribution in [0, 0.1) is 0 Å². The average molecular weight is 368 g/mol. The van der Waals surface area contributed by atoms with Crippen LogP contribution in [0.3, 0.4) is 0 Å². The summed E-state index contributed by atoms with van der Waals surface area (Å²) in [7, 11) is 1.84. The molecule has 3 aromatic rings. The van der Waals surface area contributed by atoms with Crippen molar-refractivity contribution in [3.63, 3.8) is 0 Å². The Morgan fingerprint density at radius 3 is 2.59 bits per heavy atom. The molecule has 0 spiro atoms. The van der Waals surface area contributed by atoms with Gasteiger partial charge in [0, 0.05) is 30.4 Å². The Bertz CT molecular complexity index is 926. The van der Waals surface area contributed by atoms with Gasteiger partial charge in [0.15, 0.2) is 0 Å². The monoisotopic (exact) mass is 368 g/mol. The van der Waals surface area contributed by atoms with Gasteiger partial charge in [-0.3, -0.25) is 4.68 Å². The lowest BCUT2D eigenvalue weighted by Crippen LogP contribution is -2.32. The van der Waals surface area contributed by atoms with Crippen LogP contribution in [0.5, 0.6) is 11.6 Å². The maximum atomic E-state index is 13.9. The van der Waals surface area contributed by atoms with Crippen molar-refractivity contribution in [2.75, 3.05) is 0 Å². The molecule has 0 amide bonds. The highest BCUT2D eigenvalue weighted by atomic mass is 19.1. The third-order valence-corrected chi connectivity index (χ3v) is 4.82. The summed E-state index contributed by atoms with van der Waals surface area (Å²) in [6.07, 6.45) is 3.53. The van der Waals surface area contributed by atoms with Crippen molar-refractivity contribution in [2.24, 2.45) is 7.05 Å². The van der Waals surface area contributed by atoms with E-state index in [2.05, 4.69) is 15.3 Å². The fraction of sp³-hybridized carbons (Fsp3) is 0.350. The van der Waals surface area contributed by atoms with Crippen LogP contribution in [0.25, 0.3) is 22.5 Å². The van der Waals surface area contributed by atoms with Crippen LogP contribution in [0.1, 0.15) is 25.7 Å². The van der Waals surface area contributed by atoms with Crippen molar-refractivity contribution in [2.45, 2.75) is 38.0 Å². The van der Waals surface area contributed by atoms with Crippen LogP contribution in [-0.2, 0) is 7.05 Å². The Morgan fingerprint density at radius 1 is 1.07 bits per heavy atom. The number of ether oxygens (including phenoxy) is 1. The molecule has 1 aliphatic carbocycles. The average Bonchev–Trinajstić information content (AvgIpc) is 3.11. The summed E-state index contributed by atoms with van der Waals surface area (Å²) in [6.45, 7) is 0. The molecule has 7 heteroatoms. The zero-order chi connectivity index (χ0) is 18.8. The van der Waals surface area contributed by atoms with Gasteiger partial charge >= 0.3 is 0 Å². The Balaban J connectivity index is 1.51. The van der Waals surface area contributed by atoms with Crippen LogP contribution in [0.4, 0.5) is 4.39 Å². The van der Waals surface area contributed by atoms with Gasteiger partial charge in [0.2, 0.25) is 5.88 Å². The summed E-state index contributed by atoms with van der Waals surface area (Å²) in [4.78, 5) is 0. The second-order valence-electron chi connectivity index (χ2n) is 6.82. The van der Waals surface area contributed by atoms with Gasteiger partial charge < -0.3 is 9.84 Å². The van der Waals surface area contributed by atoms with E-state index >= 15 is 0 Å². The van der Waals surface area contributed by atoms with Crippen LogP contribution in [-0.4, -0.2) is 37.4 Å². The summed E-state index contributed by atoms with van der Waals surface area (Å²) in [5.74, 6) is 0.398. The summed E-state index contributed by atoms with van der Waals surface area (Å²) in [5.41, 5.74) is 2.68. The standard InChI is InChI=1S/C20H21FN4O2/c1-25-11-10-16(24-25)13-6-7-14(18(26)12-13)17-8-9-20(23-22-17)27-19-5-3-2-4-15(19)21/h6-12,15,19,26H,2-5H2,1H3/t15-,19+/m1/s1. The zero-order valence-corrected chi connectivity index (χ0v) is 15.0. The third-order valence-electron chi connectivity index (χ3n) is 4.82. The number of nitrogens with zero attached hydrogens (tertiary/aromatic N) is 4. The Hall–Kier alpha value is -2.96. The van der Waals surface area contributed by atoms with Crippen molar-refractivity contribution >= 4 is 0 Å². The Kier molecular flexibility index (Phi) is 4.75. The summed E-state index contributed by atoms with van der Waals surface area (Å²) < 4.78 is 21.3. The molecule has 0 saturated heterocycles. The molecule has 27 heavy (non-hydrogen) atoms. The summed E-state index contributed by atoms with van der Waals surface area (Å²) >= 11 is 0. The number of aryl methyl sites for hydroxylation is 1. The van der Waals surface area contributed by atoms with Crippen molar-refractivity contribution in [1.82, 2.24) is 20.0 Å². The van der Waals surface area contributed by atoms with E-state index in [4.69, 9.17) is 4.74 Å². The molecule has 0 aliphatic heterocycles. The number of alkyl halides is 1. The first-order valence-corrected chi connectivity index (χ1v) is 9.08. The molecular formula is C20H21FN4O2. The fourth-order valence-corrected chi connectivity index (χ4v) is 3.34. The number of rotatable bonds is 4.